The smallest absolute Gasteiger partial charge is 0.303 e. The number of carbonyl (C=O) groups excluding carboxylic acids is 1. The number of benzene rings is 1. The van der Waals surface area contributed by atoms with E-state index in [1.165, 1.54) is 5.56 Å². The molecule has 0 aliphatic heterocycles. The molecule has 0 bridgehead atoms. The molecule has 0 saturated heterocycles. The summed E-state index contributed by atoms with van der Waals surface area (Å²) in [5.41, 5.74) is 1.25. The second-order valence-electron chi connectivity index (χ2n) is 6.35. The van der Waals surface area contributed by atoms with Crippen LogP contribution in [0.3, 0.4) is 0 Å². The molecule has 5 nitrogen and oxygen atoms in total. The highest BCUT2D eigenvalue weighted by atomic mass is 79.9. The first-order valence-corrected chi connectivity index (χ1v) is 9.60. The molecule has 1 rings (SSSR count). The average Bonchev–Trinajstić information content (AvgIpc) is 2.55. The molecule has 0 aromatic heterocycles. The largest absolute Gasteiger partial charge is 0.492 e. The highest BCUT2D eigenvalue weighted by Gasteiger charge is 2.06. The summed E-state index contributed by atoms with van der Waals surface area (Å²) in [7, 11) is 0. The Morgan fingerprint density at radius 3 is 2.56 bits per heavy atom. The third-order valence-electron chi connectivity index (χ3n) is 3.82. The fourth-order valence-corrected chi connectivity index (χ4v) is 2.81. The van der Waals surface area contributed by atoms with Crippen molar-refractivity contribution in [2.75, 3.05) is 13.2 Å². The number of ether oxygens (including phenoxy) is 1. The molecule has 0 aliphatic rings. The number of unbranched alkanes of at least 4 members (excludes halogenated alkanes) is 2. The van der Waals surface area contributed by atoms with E-state index >= 15 is 0 Å². The Kier molecular flexibility index (Phi) is 10.2. The number of amides is 1. The number of hydrogen-bond donors (Lipinski definition) is 2. The van der Waals surface area contributed by atoms with Crippen molar-refractivity contribution < 1.29 is 19.4 Å². The van der Waals surface area contributed by atoms with Gasteiger partial charge in [0.15, 0.2) is 0 Å². The van der Waals surface area contributed by atoms with E-state index < -0.39 is 5.97 Å². The van der Waals surface area contributed by atoms with Crippen molar-refractivity contribution in [2.24, 2.45) is 0 Å². The molecule has 0 saturated carbocycles. The van der Waals surface area contributed by atoms with Crippen LogP contribution in [0.2, 0.25) is 0 Å². The van der Waals surface area contributed by atoms with Gasteiger partial charge in [0.2, 0.25) is 5.91 Å². The molecule has 25 heavy (non-hydrogen) atoms. The SMILES string of the molecule is CC(C)c1ccc(OCCCC(=O)NCCCCCC(=O)O)c(Br)c1. The van der Waals surface area contributed by atoms with E-state index in [2.05, 4.69) is 47.2 Å². The molecular formula is C19H28BrNO4. The topological polar surface area (TPSA) is 75.6 Å². The average molecular weight is 414 g/mol. The van der Waals surface area contributed by atoms with Crippen molar-refractivity contribution in [1.82, 2.24) is 5.32 Å². The van der Waals surface area contributed by atoms with Gasteiger partial charge in [0.25, 0.3) is 0 Å². The molecule has 0 heterocycles. The van der Waals surface area contributed by atoms with Crippen LogP contribution >= 0.6 is 15.9 Å². The fourth-order valence-electron chi connectivity index (χ4n) is 2.30. The maximum atomic E-state index is 11.7. The zero-order valence-corrected chi connectivity index (χ0v) is 16.6. The standard InChI is InChI=1S/C19H28BrNO4/c1-14(2)15-9-10-17(16(20)13-15)25-12-6-7-18(22)21-11-5-3-4-8-19(23)24/h9-10,13-14H,3-8,11-12H2,1-2H3,(H,21,22)(H,23,24). The number of aliphatic carboxylic acids is 1. The van der Waals surface area contributed by atoms with E-state index in [1.54, 1.807) is 0 Å². The minimum absolute atomic E-state index is 0.0102. The monoisotopic (exact) mass is 413 g/mol. The van der Waals surface area contributed by atoms with Crippen molar-refractivity contribution in [3.63, 3.8) is 0 Å². The van der Waals surface area contributed by atoms with Crippen molar-refractivity contribution in [1.29, 1.82) is 0 Å². The van der Waals surface area contributed by atoms with Gasteiger partial charge < -0.3 is 15.2 Å². The molecule has 1 amide bonds. The van der Waals surface area contributed by atoms with Crippen LogP contribution in [0.4, 0.5) is 0 Å². The Bertz CT molecular complexity index is 560. The van der Waals surface area contributed by atoms with Crippen LogP contribution in [0.25, 0.3) is 0 Å². The fraction of sp³-hybridized carbons (Fsp3) is 0.579. The van der Waals surface area contributed by atoms with Gasteiger partial charge in [-0.1, -0.05) is 26.3 Å². The van der Waals surface area contributed by atoms with Gasteiger partial charge >= 0.3 is 5.97 Å². The molecular weight excluding hydrogens is 386 g/mol. The Morgan fingerprint density at radius 2 is 1.92 bits per heavy atom. The number of halogens is 1. The van der Waals surface area contributed by atoms with E-state index in [0.717, 1.165) is 23.1 Å². The zero-order chi connectivity index (χ0) is 18.7. The van der Waals surface area contributed by atoms with Crippen LogP contribution in [0, 0.1) is 0 Å². The molecule has 2 N–H and O–H groups in total. The van der Waals surface area contributed by atoms with Crippen LogP contribution in [0.15, 0.2) is 22.7 Å². The lowest BCUT2D eigenvalue weighted by Gasteiger charge is -2.11. The van der Waals surface area contributed by atoms with Gasteiger partial charge in [-0.2, -0.15) is 0 Å². The Labute approximate surface area is 158 Å². The molecule has 6 heteroatoms. The maximum absolute atomic E-state index is 11.7. The number of rotatable bonds is 12. The van der Waals surface area contributed by atoms with E-state index in [4.69, 9.17) is 9.84 Å². The summed E-state index contributed by atoms with van der Waals surface area (Å²) in [5, 5.41) is 11.4. The molecule has 1 aromatic rings. The number of hydrogen-bond acceptors (Lipinski definition) is 3. The van der Waals surface area contributed by atoms with Gasteiger partial charge in [0, 0.05) is 19.4 Å². The minimum atomic E-state index is -0.769. The molecule has 0 aliphatic carbocycles. The summed E-state index contributed by atoms with van der Waals surface area (Å²) in [6, 6.07) is 6.08. The Balaban J connectivity index is 2.12. The van der Waals surface area contributed by atoms with Gasteiger partial charge in [0.05, 0.1) is 11.1 Å². The third-order valence-corrected chi connectivity index (χ3v) is 4.44. The Hall–Kier alpha value is -1.56. The molecule has 0 fully saturated rings. The molecule has 0 radical (unpaired) electrons. The normalized spacial score (nSPS) is 10.7. The summed E-state index contributed by atoms with van der Waals surface area (Å²) in [6.07, 6.45) is 3.56. The maximum Gasteiger partial charge on any atom is 0.303 e. The summed E-state index contributed by atoms with van der Waals surface area (Å²) >= 11 is 3.52. The van der Waals surface area contributed by atoms with E-state index in [-0.39, 0.29) is 12.3 Å². The summed E-state index contributed by atoms with van der Waals surface area (Å²) in [6.45, 7) is 5.38. The quantitative estimate of drug-likeness (QED) is 0.494. The number of carboxylic acid groups (broad SMARTS) is 1. The Morgan fingerprint density at radius 1 is 1.16 bits per heavy atom. The lowest BCUT2D eigenvalue weighted by atomic mass is 10.0. The van der Waals surface area contributed by atoms with Crippen LogP contribution in [0.5, 0.6) is 5.75 Å². The third kappa shape index (κ3) is 9.48. The predicted molar refractivity (Wildman–Crippen MR) is 102 cm³/mol. The van der Waals surface area contributed by atoms with Gasteiger partial charge in [0.1, 0.15) is 5.75 Å². The first kappa shape index (κ1) is 21.5. The summed E-state index contributed by atoms with van der Waals surface area (Å²) in [5.74, 6) is 0.506. The second kappa shape index (κ2) is 11.9. The van der Waals surface area contributed by atoms with Crippen molar-refractivity contribution >= 4 is 27.8 Å². The highest BCUT2D eigenvalue weighted by Crippen LogP contribution is 2.28. The van der Waals surface area contributed by atoms with Gasteiger partial charge in [-0.05, 0) is 58.8 Å². The first-order valence-electron chi connectivity index (χ1n) is 8.81. The van der Waals surface area contributed by atoms with Crippen molar-refractivity contribution in [2.45, 2.75) is 58.3 Å². The van der Waals surface area contributed by atoms with E-state index in [1.807, 2.05) is 6.07 Å². The highest BCUT2D eigenvalue weighted by molar-refractivity contribution is 9.10. The molecule has 0 unspecified atom stereocenters. The van der Waals surface area contributed by atoms with Crippen LogP contribution in [-0.2, 0) is 9.59 Å². The zero-order valence-electron chi connectivity index (χ0n) is 15.0. The van der Waals surface area contributed by atoms with Gasteiger partial charge in [-0.3, -0.25) is 9.59 Å². The lowest BCUT2D eigenvalue weighted by Crippen LogP contribution is -2.24. The summed E-state index contributed by atoms with van der Waals surface area (Å²) < 4.78 is 6.65. The first-order chi connectivity index (χ1) is 11.9. The van der Waals surface area contributed by atoms with Crippen LogP contribution in [0.1, 0.15) is 63.9 Å². The number of nitrogens with one attached hydrogen (secondary N) is 1. The molecule has 0 atom stereocenters. The predicted octanol–water partition coefficient (Wildman–Crippen LogP) is 4.49. The number of carbonyl (C=O) groups is 2. The molecule has 140 valence electrons. The molecule has 1 aromatic carbocycles. The van der Waals surface area contributed by atoms with E-state index in [0.29, 0.717) is 38.3 Å². The van der Waals surface area contributed by atoms with Gasteiger partial charge in [-0.25, -0.2) is 0 Å². The minimum Gasteiger partial charge on any atom is -0.492 e. The summed E-state index contributed by atoms with van der Waals surface area (Å²) in [4.78, 5) is 22.1. The lowest BCUT2D eigenvalue weighted by molar-refractivity contribution is -0.137. The second-order valence-corrected chi connectivity index (χ2v) is 7.21. The van der Waals surface area contributed by atoms with Crippen molar-refractivity contribution in [3.05, 3.63) is 28.2 Å². The van der Waals surface area contributed by atoms with Crippen molar-refractivity contribution in [3.8, 4) is 5.75 Å². The van der Waals surface area contributed by atoms with Gasteiger partial charge in [-0.15, -0.1) is 0 Å². The van der Waals surface area contributed by atoms with Crippen LogP contribution < -0.4 is 10.1 Å². The molecule has 0 spiro atoms. The number of carboxylic acids is 1. The van der Waals surface area contributed by atoms with E-state index in [9.17, 15) is 9.59 Å². The van der Waals surface area contributed by atoms with Crippen LogP contribution in [-0.4, -0.2) is 30.1 Å².